The van der Waals surface area contributed by atoms with Gasteiger partial charge in [-0.2, -0.15) is 0 Å². The van der Waals surface area contributed by atoms with Crippen LogP contribution >= 0.6 is 0 Å². The second-order valence-electron chi connectivity index (χ2n) is 4.12. The molecule has 0 aliphatic carbocycles. The topological polar surface area (TPSA) is 18.5 Å². The highest BCUT2D eigenvalue weighted by atomic mass is 16.5. The zero-order valence-corrected chi connectivity index (χ0v) is 7.30. The normalized spacial score (nSPS) is 37.6. The lowest BCUT2D eigenvalue weighted by Crippen LogP contribution is -2.52. The summed E-state index contributed by atoms with van der Waals surface area (Å²) in [5, 5.41) is 0. The van der Waals surface area contributed by atoms with Crippen molar-refractivity contribution < 1.29 is 9.47 Å². The highest BCUT2D eigenvalue weighted by Gasteiger charge is 2.44. The third-order valence-electron chi connectivity index (χ3n) is 3.06. The summed E-state index contributed by atoms with van der Waals surface area (Å²) in [6, 6.07) is 0. The number of hydrogen-bond donors (Lipinski definition) is 0. The van der Waals surface area contributed by atoms with E-state index in [1.54, 1.807) is 0 Å². The summed E-state index contributed by atoms with van der Waals surface area (Å²) in [6.07, 6.45) is 3.33. The van der Waals surface area contributed by atoms with Crippen molar-refractivity contribution in [1.82, 2.24) is 0 Å². The summed E-state index contributed by atoms with van der Waals surface area (Å²) >= 11 is 0. The molecule has 0 spiro atoms. The molecule has 0 aromatic rings. The quantitative estimate of drug-likeness (QED) is 0.604. The molecule has 2 fully saturated rings. The number of rotatable bonds is 2. The van der Waals surface area contributed by atoms with E-state index in [0.29, 0.717) is 12.2 Å². The standard InChI is InChI=1S/C9H16O2/c1-9(2,7-3-5-10-7)8-4-6-11-8/h7-8H,3-6H2,1-2H3. The van der Waals surface area contributed by atoms with Crippen LogP contribution in [0.25, 0.3) is 0 Å². The molecule has 2 aliphatic heterocycles. The Labute approximate surface area is 67.9 Å². The minimum Gasteiger partial charge on any atom is -0.377 e. The third kappa shape index (κ3) is 1.09. The van der Waals surface area contributed by atoms with Crippen LogP contribution in [0.3, 0.4) is 0 Å². The summed E-state index contributed by atoms with van der Waals surface area (Å²) in [5.74, 6) is 0. The minimum atomic E-state index is 0.247. The Morgan fingerprint density at radius 3 is 1.55 bits per heavy atom. The Morgan fingerprint density at radius 2 is 1.36 bits per heavy atom. The maximum atomic E-state index is 5.47. The molecule has 0 radical (unpaired) electrons. The van der Waals surface area contributed by atoms with Gasteiger partial charge in [0.05, 0.1) is 12.2 Å². The molecule has 2 saturated heterocycles. The molecule has 2 nitrogen and oxygen atoms in total. The van der Waals surface area contributed by atoms with Gasteiger partial charge in [-0.05, 0) is 12.8 Å². The van der Waals surface area contributed by atoms with Crippen LogP contribution in [0.5, 0.6) is 0 Å². The molecule has 0 aromatic heterocycles. The molecule has 0 bridgehead atoms. The summed E-state index contributed by atoms with van der Waals surface area (Å²) < 4.78 is 10.9. The fourth-order valence-corrected chi connectivity index (χ4v) is 1.85. The zero-order valence-electron chi connectivity index (χ0n) is 7.30. The second kappa shape index (κ2) is 2.46. The molecule has 2 rings (SSSR count). The average molecular weight is 156 g/mol. The lowest BCUT2D eigenvalue weighted by molar-refractivity contribution is -0.200. The Balaban J connectivity index is 1.95. The van der Waals surface area contributed by atoms with E-state index in [4.69, 9.17) is 9.47 Å². The first kappa shape index (κ1) is 7.56. The van der Waals surface area contributed by atoms with Crippen LogP contribution in [-0.4, -0.2) is 25.4 Å². The Hall–Kier alpha value is -0.0800. The molecule has 0 N–H and O–H groups in total. The van der Waals surface area contributed by atoms with Gasteiger partial charge in [0.1, 0.15) is 0 Å². The van der Waals surface area contributed by atoms with E-state index in [-0.39, 0.29) is 5.41 Å². The van der Waals surface area contributed by atoms with E-state index < -0.39 is 0 Å². The molecular weight excluding hydrogens is 140 g/mol. The molecule has 11 heavy (non-hydrogen) atoms. The predicted molar refractivity (Wildman–Crippen MR) is 42.5 cm³/mol. The molecular formula is C9H16O2. The molecule has 2 heteroatoms. The third-order valence-corrected chi connectivity index (χ3v) is 3.06. The van der Waals surface area contributed by atoms with E-state index >= 15 is 0 Å². The van der Waals surface area contributed by atoms with Crippen LogP contribution < -0.4 is 0 Å². The molecule has 0 saturated carbocycles. The van der Waals surface area contributed by atoms with Crippen LogP contribution in [-0.2, 0) is 9.47 Å². The SMILES string of the molecule is CC(C)(C1CCO1)C1CCO1. The lowest BCUT2D eigenvalue weighted by Gasteiger charge is -2.48. The van der Waals surface area contributed by atoms with Crippen molar-refractivity contribution in [2.24, 2.45) is 5.41 Å². The molecule has 2 heterocycles. The molecule has 2 aliphatic rings. The van der Waals surface area contributed by atoms with Gasteiger partial charge < -0.3 is 9.47 Å². The van der Waals surface area contributed by atoms with E-state index in [1.807, 2.05) is 0 Å². The van der Waals surface area contributed by atoms with Crippen molar-refractivity contribution in [3.63, 3.8) is 0 Å². The highest BCUT2D eigenvalue weighted by Crippen LogP contribution is 2.40. The lowest BCUT2D eigenvalue weighted by atomic mass is 9.75. The van der Waals surface area contributed by atoms with Gasteiger partial charge in [0.25, 0.3) is 0 Å². The van der Waals surface area contributed by atoms with Gasteiger partial charge in [-0.25, -0.2) is 0 Å². The van der Waals surface area contributed by atoms with Gasteiger partial charge in [-0.15, -0.1) is 0 Å². The van der Waals surface area contributed by atoms with E-state index in [1.165, 1.54) is 12.8 Å². The maximum Gasteiger partial charge on any atom is 0.0672 e. The van der Waals surface area contributed by atoms with Gasteiger partial charge in [-0.3, -0.25) is 0 Å². The first-order chi connectivity index (χ1) is 5.21. The van der Waals surface area contributed by atoms with Crippen LogP contribution in [0.15, 0.2) is 0 Å². The molecule has 64 valence electrons. The van der Waals surface area contributed by atoms with Crippen molar-refractivity contribution in [1.29, 1.82) is 0 Å². The van der Waals surface area contributed by atoms with E-state index in [9.17, 15) is 0 Å². The predicted octanol–water partition coefficient (Wildman–Crippen LogP) is 1.59. The fourth-order valence-electron chi connectivity index (χ4n) is 1.85. The Kier molecular flexibility index (Phi) is 1.69. The minimum absolute atomic E-state index is 0.247. The van der Waals surface area contributed by atoms with Crippen molar-refractivity contribution in [2.75, 3.05) is 13.2 Å². The summed E-state index contributed by atoms with van der Waals surface area (Å²) in [6.45, 7) is 6.39. The smallest absolute Gasteiger partial charge is 0.0672 e. The first-order valence-electron chi connectivity index (χ1n) is 4.44. The van der Waals surface area contributed by atoms with E-state index in [0.717, 1.165) is 13.2 Å². The summed E-state index contributed by atoms with van der Waals surface area (Å²) in [4.78, 5) is 0. The Morgan fingerprint density at radius 1 is 1.00 bits per heavy atom. The van der Waals surface area contributed by atoms with Crippen LogP contribution in [0.4, 0.5) is 0 Å². The Bertz CT molecular complexity index is 130. The highest BCUT2D eigenvalue weighted by molar-refractivity contribution is 4.92. The van der Waals surface area contributed by atoms with Crippen molar-refractivity contribution in [3.8, 4) is 0 Å². The van der Waals surface area contributed by atoms with Crippen molar-refractivity contribution in [3.05, 3.63) is 0 Å². The van der Waals surface area contributed by atoms with Gasteiger partial charge in [0, 0.05) is 18.6 Å². The molecule has 2 atom stereocenters. The van der Waals surface area contributed by atoms with E-state index in [2.05, 4.69) is 13.8 Å². The van der Waals surface area contributed by atoms with Gasteiger partial charge in [0.15, 0.2) is 0 Å². The first-order valence-corrected chi connectivity index (χ1v) is 4.44. The number of ether oxygens (including phenoxy) is 2. The number of hydrogen-bond acceptors (Lipinski definition) is 2. The molecule has 0 amide bonds. The maximum absolute atomic E-state index is 5.47. The van der Waals surface area contributed by atoms with Gasteiger partial charge >= 0.3 is 0 Å². The van der Waals surface area contributed by atoms with Crippen LogP contribution in [0.1, 0.15) is 26.7 Å². The largest absolute Gasteiger partial charge is 0.377 e. The molecule has 0 aromatic carbocycles. The van der Waals surface area contributed by atoms with Gasteiger partial charge in [-0.1, -0.05) is 13.8 Å². The fraction of sp³-hybridized carbons (Fsp3) is 1.00. The molecule has 2 unspecified atom stereocenters. The zero-order chi connectivity index (χ0) is 7.90. The van der Waals surface area contributed by atoms with Gasteiger partial charge in [0.2, 0.25) is 0 Å². The summed E-state index contributed by atoms with van der Waals surface area (Å²) in [5.41, 5.74) is 0.247. The van der Waals surface area contributed by atoms with Crippen LogP contribution in [0.2, 0.25) is 0 Å². The van der Waals surface area contributed by atoms with Crippen molar-refractivity contribution in [2.45, 2.75) is 38.9 Å². The van der Waals surface area contributed by atoms with Crippen molar-refractivity contribution >= 4 is 0 Å². The van der Waals surface area contributed by atoms with Crippen LogP contribution in [0, 0.1) is 5.41 Å². The second-order valence-corrected chi connectivity index (χ2v) is 4.12. The average Bonchev–Trinajstić information content (AvgIpc) is 1.46. The monoisotopic (exact) mass is 156 g/mol. The summed E-state index contributed by atoms with van der Waals surface area (Å²) in [7, 11) is 0.